The molecule has 1 heterocycles. The highest BCUT2D eigenvalue weighted by Crippen LogP contribution is 2.40. The van der Waals surface area contributed by atoms with E-state index in [1.165, 1.54) is 21.3 Å². The first-order valence-corrected chi connectivity index (χ1v) is 10.0. The molecular formula is C22H25ClN2O6. The van der Waals surface area contributed by atoms with E-state index in [-0.39, 0.29) is 12.5 Å². The van der Waals surface area contributed by atoms with E-state index in [2.05, 4.69) is 5.32 Å². The van der Waals surface area contributed by atoms with Gasteiger partial charge in [-0.3, -0.25) is 4.79 Å². The fourth-order valence-corrected chi connectivity index (χ4v) is 3.87. The monoisotopic (exact) mass is 448 g/mol. The first kappa shape index (κ1) is 22.6. The van der Waals surface area contributed by atoms with Crippen molar-refractivity contribution in [3.8, 4) is 17.2 Å². The summed E-state index contributed by atoms with van der Waals surface area (Å²) in [4.78, 5) is 27.0. The average Bonchev–Trinajstić information content (AvgIpc) is 2.78. The van der Waals surface area contributed by atoms with Gasteiger partial charge in [-0.1, -0.05) is 11.6 Å². The summed E-state index contributed by atoms with van der Waals surface area (Å²) in [5.41, 5.74) is 2.23. The largest absolute Gasteiger partial charge is 0.495 e. The molecule has 31 heavy (non-hydrogen) atoms. The first-order chi connectivity index (χ1) is 14.9. The van der Waals surface area contributed by atoms with Gasteiger partial charge in [-0.05, 0) is 47.9 Å². The van der Waals surface area contributed by atoms with E-state index in [0.29, 0.717) is 40.9 Å². The quantitative estimate of drug-likeness (QED) is 0.670. The Bertz CT molecular complexity index is 981. The van der Waals surface area contributed by atoms with E-state index in [9.17, 15) is 9.59 Å². The normalized spacial score (nSPS) is 15.0. The van der Waals surface area contributed by atoms with Gasteiger partial charge in [0.1, 0.15) is 5.75 Å². The van der Waals surface area contributed by atoms with Crippen molar-refractivity contribution in [2.24, 2.45) is 0 Å². The van der Waals surface area contributed by atoms with Crippen LogP contribution in [0.1, 0.15) is 23.6 Å². The van der Waals surface area contributed by atoms with Crippen molar-refractivity contribution in [1.82, 2.24) is 4.90 Å². The fourth-order valence-electron chi connectivity index (χ4n) is 3.70. The molecule has 1 aliphatic rings. The van der Waals surface area contributed by atoms with Crippen LogP contribution in [0.15, 0.2) is 30.3 Å². The molecule has 1 unspecified atom stereocenters. The van der Waals surface area contributed by atoms with Crippen LogP contribution in [-0.4, -0.2) is 51.9 Å². The summed E-state index contributed by atoms with van der Waals surface area (Å²) in [6, 6.07) is 7.73. The number of nitrogens with zero attached hydrogens (tertiary/aromatic N) is 1. The first-order valence-electron chi connectivity index (χ1n) is 9.64. The zero-order valence-corrected chi connectivity index (χ0v) is 18.6. The Morgan fingerprint density at radius 1 is 1.03 bits per heavy atom. The van der Waals surface area contributed by atoms with Crippen LogP contribution >= 0.6 is 11.6 Å². The second kappa shape index (κ2) is 9.78. The highest BCUT2D eigenvalue weighted by Gasteiger charge is 2.34. The van der Waals surface area contributed by atoms with Gasteiger partial charge in [-0.25, -0.2) is 4.79 Å². The third-order valence-corrected chi connectivity index (χ3v) is 5.49. The summed E-state index contributed by atoms with van der Waals surface area (Å²) < 4.78 is 21.0. The van der Waals surface area contributed by atoms with Crippen molar-refractivity contribution >= 4 is 29.3 Å². The molecule has 9 heteroatoms. The lowest BCUT2D eigenvalue weighted by Gasteiger charge is -2.37. The van der Waals surface area contributed by atoms with Crippen LogP contribution in [0.25, 0.3) is 0 Å². The molecule has 0 saturated heterocycles. The van der Waals surface area contributed by atoms with E-state index < -0.39 is 12.0 Å². The molecule has 0 fully saturated rings. The molecular weight excluding hydrogens is 424 g/mol. The Morgan fingerprint density at radius 3 is 2.35 bits per heavy atom. The van der Waals surface area contributed by atoms with Crippen molar-refractivity contribution in [2.45, 2.75) is 18.9 Å². The summed E-state index contributed by atoms with van der Waals surface area (Å²) in [5, 5.41) is 3.31. The van der Waals surface area contributed by atoms with E-state index in [4.69, 9.17) is 30.5 Å². The van der Waals surface area contributed by atoms with Crippen LogP contribution in [-0.2, 0) is 16.0 Å². The number of benzene rings is 2. The highest BCUT2D eigenvalue weighted by atomic mass is 35.5. The molecule has 2 aromatic carbocycles. The Kier molecular flexibility index (Phi) is 7.12. The summed E-state index contributed by atoms with van der Waals surface area (Å²) in [6.07, 6.45) is 0.590. The van der Waals surface area contributed by atoms with Gasteiger partial charge in [-0.2, -0.15) is 0 Å². The number of halogens is 1. The van der Waals surface area contributed by atoms with Gasteiger partial charge in [0.05, 0.1) is 46.6 Å². The molecule has 2 amide bonds. The summed E-state index contributed by atoms with van der Waals surface area (Å²) in [5.74, 6) is 1.17. The van der Waals surface area contributed by atoms with Gasteiger partial charge < -0.3 is 29.2 Å². The van der Waals surface area contributed by atoms with Gasteiger partial charge in [-0.15, -0.1) is 0 Å². The average molecular weight is 449 g/mol. The third-order valence-electron chi connectivity index (χ3n) is 5.25. The number of amides is 2. The molecule has 0 bridgehead atoms. The smallest absolute Gasteiger partial charge is 0.322 e. The lowest BCUT2D eigenvalue weighted by molar-refractivity contribution is -0.141. The van der Waals surface area contributed by atoms with Crippen LogP contribution in [0, 0.1) is 0 Å². The molecule has 0 aromatic heterocycles. The predicted octanol–water partition coefficient (Wildman–Crippen LogP) is 4.06. The topological polar surface area (TPSA) is 86.3 Å². The molecule has 2 aromatic rings. The van der Waals surface area contributed by atoms with E-state index in [1.807, 2.05) is 6.07 Å². The van der Waals surface area contributed by atoms with Crippen molar-refractivity contribution in [3.63, 3.8) is 0 Å². The molecule has 8 nitrogen and oxygen atoms in total. The second-order valence-electron chi connectivity index (χ2n) is 6.92. The van der Waals surface area contributed by atoms with E-state index in [0.717, 1.165) is 11.1 Å². The van der Waals surface area contributed by atoms with Crippen molar-refractivity contribution in [3.05, 3.63) is 46.5 Å². The van der Waals surface area contributed by atoms with Gasteiger partial charge in [0.15, 0.2) is 11.5 Å². The van der Waals surface area contributed by atoms with Crippen LogP contribution in [0.4, 0.5) is 10.5 Å². The molecule has 0 radical (unpaired) electrons. The Labute approximate surface area is 186 Å². The minimum absolute atomic E-state index is 0.000909. The number of carbonyl (C=O) groups excluding carboxylic acids is 2. The maximum atomic E-state index is 13.2. The maximum absolute atomic E-state index is 13.2. The third kappa shape index (κ3) is 4.80. The number of hydrogen-bond donors (Lipinski definition) is 1. The number of ether oxygens (including phenoxy) is 4. The summed E-state index contributed by atoms with van der Waals surface area (Å²) in [7, 11) is 5.94. The van der Waals surface area contributed by atoms with Gasteiger partial charge in [0, 0.05) is 11.6 Å². The van der Waals surface area contributed by atoms with E-state index in [1.54, 1.807) is 36.3 Å². The van der Waals surface area contributed by atoms with Gasteiger partial charge in [0.2, 0.25) is 0 Å². The number of methoxy groups -OCH3 is 4. The number of carbonyl (C=O) groups is 2. The zero-order chi connectivity index (χ0) is 22.5. The summed E-state index contributed by atoms with van der Waals surface area (Å²) in [6.45, 7) is 0.402. The molecule has 1 atom stereocenters. The Balaban J connectivity index is 1.97. The van der Waals surface area contributed by atoms with Crippen LogP contribution in [0.2, 0.25) is 5.02 Å². The Morgan fingerprint density at radius 2 is 1.71 bits per heavy atom. The van der Waals surface area contributed by atoms with E-state index >= 15 is 0 Å². The number of nitrogens with one attached hydrogen (secondary N) is 1. The molecule has 0 spiro atoms. The SMILES string of the molecule is COC(=O)CC1c2cc(OC)c(OC)cc2CCN1C(=O)Nc1cc(Cl)ccc1OC. The second-order valence-corrected chi connectivity index (χ2v) is 7.36. The minimum Gasteiger partial charge on any atom is -0.495 e. The molecule has 0 aliphatic carbocycles. The number of hydrogen-bond acceptors (Lipinski definition) is 6. The van der Waals surface area contributed by atoms with Crippen LogP contribution in [0.3, 0.4) is 0 Å². The molecule has 166 valence electrons. The summed E-state index contributed by atoms with van der Waals surface area (Å²) >= 11 is 6.08. The molecule has 1 N–H and O–H groups in total. The minimum atomic E-state index is -0.541. The van der Waals surface area contributed by atoms with Crippen molar-refractivity contribution in [2.75, 3.05) is 40.3 Å². The van der Waals surface area contributed by atoms with Crippen molar-refractivity contribution in [1.29, 1.82) is 0 Å². The lowest BCUT2D eigenvalue weighted by Crippen LogP contribution is -2.43. The van der Waals surface area contributed by atoms with Crippen LogP contribution < -0.4 is 19.5 Å². The number of esters is 1. The molecule has 0 saturated carbocycles. The predicted molar refractivity (Wildman–Crippen MR) is 116 cm³/mol. The highest BCUT2D eigenvalue weighted by molar-refractivity contribution is 6.31. The fraction of sp³-hybridized carbons (Fsp3) is 0.364. The molecule has 1 aliphatic heterocycles. The van der Waals surface area contributed by atoms with Crippen molar-refractivity contribution < 1.29 is 28.5 Å². The lowest BCUT2D eigenvalue weighted by atomic mass is 9.90. The maximum Gasteiger partial charge on any atom is 0.322 e. The number of anilines is 1. The standard InChI is InChI=1S/C22H25ClN2O6/c1-28-18-6-5-14(23)10-16(18)24-22(27)25-8-7-13-9-19(29-2)20(30-3)11-15(13)17(25)12-21(26)31-4/h5-6,9-11,17H,7-8,12H2,1-4H3,(H,24,27). The van der Waals surface area contributed by atoms with Gasteiger partial charge >= 0.3 is 12.0 Å². The Hall–Kier alpha value is -3.13. The van der Waals surface area contributed by atoms with Crippen LogP contribution in [0.5, 0.6) is 17.2 Å². The molecule has 3 rings (SSSR count). The van der Waals surface area contributed by atoms with Gasteiger partial charge in [0.25, 0.3) is 0 Å². The zero-order valence-electron chi connectivity index (χ0n) is 17.9. The number of fused-ring (bicyclic) bond motifs is 1. The number of rotatable bonds is 6. The number of urea groups is 1.